The first-order valence-corrected chi connectivity index (χ1v) is 9.83. The van der Waals surface area contributed by atoms with Crippen LogP contribution in [0.1, 0.15) is 60.9 Å². The van der Waals surface area contributed by atoms with Gasteiger partial charge in [0.15, 0.2) is 0 Å². The molecule has 1 aliphatic carbocycles. The molecule has 0 bridgehead atoms. The van der Waals surface area contributed by atoms with Crippen molar-refractivity contribution in [2.75, 3.05) is 19.7 Å². The topological polar surface area (TPSA) is 107 Å². The summed E-state index contributed by atoms with van der Waals surface area (Å²) >= 11 is 0.987. The number of rotatable bonds is 3. The highest BCUT2D eigenvalue weighted by molar-refractivity contribution is 7.16. The predicted octanol–water partition coefficient (Wildman–Crippen LogP) is 1.73. The third kappa shape index (κ3) is 3.01. The summed E-state index contributed by atoms with van der Waals surface area (Å²) in [6.07, 6.45) is 4.08. The Bertz CT molecular complexity index is 947. The Morgan fingerprint density at radius 1 is 1.21 bits per heavy atom. The molecular weight excluding hydrogens is 382 g/mol. The molecule has 1 fully saturated rings. The Labute approximate surface area is 164 Å². The van der Waals surface area contributed by atoms with Crippen molar-refractivity contribution in [1.82, 2.24) is 14.9 Å². The van der Waals surface area contributed by atoms with Gasteiger partial charge in [0, 0.05) is 31.0 Å². The van der Waals surface area contributed by atoms with Crippen LogP contribution < -0.4 is 0 Å². The molecule has 2 aromatic rings. The molecule has 1 atom stereocenters. The molecule has 0 N–H and O–H groups in total. The van der Waals surface area contributed by atoms with E-state index in [0.29, 0.717) is 30.9 Å². The number of hydrogen-bond donors (Lipinski definition) is 0. The molecule has 9 heteroatoms. The zero-order chi connectivity index (χ0) is 19.8. The molecule has 0 radical (unpaired) electrons. The lowest BCUT2D eigenvalue weighted by Crippen LogP contribution is -2.42. The molecule has 1 amide bonds. The number of likely N-dealkylation sites (tertiary alicyclic amines) is 1. The van der Waals surface area contributed by atoms with E-state index in [4.69, 9.17) is 4.74 Å². The van der Waals surface area contributed by atoms with Gasteiger partial charge in [-0.3, -0.25) is 19.2 Å². The highest BCUT2D eigenvalue weighted by atomic mass is 32.1. The average Bonchev–Trinajstić information content (AvgIpc) is 3.18. The number of carbonyl (C=O) groups excluding carboxylic acids is 4. The molecule has 0 spiro atoms. The monoisotopic (exact) mass is 399 g/mol. The molecule has 1 aliphatic heterocycles. The Kier molecular flexibility index (Phi) is 4.76. The Balaban J connectivity index is 1.60. The Morgan fingerprint density at radius 3 is 2.64 bits per heavy atom. The number of esters is 1. The van der Waals surface area contributed by atoms with E-state index in [2.05, 4.69) is 9.97 Å². The summed E-state index contributed by atoms with van der Waals surface area (Å²) in [7, 11) is 0. The van der Waals surface area contributed by atoms with Gasteiger partial charge in [-0.05, 0) is 25.8 Å². The summed E-state index contributed by atoms with van der Waals surface area (Å²) in [5.41, 5.74) is 0.212. The van der Waals surface area contributed by atoms with Crippen molar-refractivity contribution >= 4 is 34.8 Å². The smallest absolute Gasteiger partial charge is 0.310 e. The van der Waals surface area contributed by atoms with E-state index >= 15 is 0 Å². The van der Waals surface area contributed by atoms with Crippen molar-refractivity contribution in [1.29, 1.82) is 0 Å². The van der Waals surface area contributed by atoms with Crippen LogP contribution in [0.4, 0.5) is 0 Å². The number of piperidine rings is 1. The van der Waals surface area contributed by atoms with Crippen LogP contribution in [-0.2, 0) is 9.53 Å². The molecule has 3 heterocycles. The van der Waals surface area contributed by atoms with Crippen LogP contribution in [0.5, 0.6) is 0 Å². The van der Waals surface area contributed by atoms with Crippen molar-refractivity contribution < 1.29 is 23.9 Å². The first-order valence-electron chi connectivity index (χ1n) is 9.01. The minimum Gasteiger partial charge on any atom is -0.466 e. The van der Waals surface area contributed by atoms with Crippen molar-refractivity contribution in [2.24, 2.45) is 5.92 Å². The van der Waals surface area contributed by atoms with Crippen molar-refractivity contribution in [3.8, 4) is 0 Å². The fraction of sp³-hybridized carbons (Fsp3) is 0.368. The lowest BCUT2D eigenvalue weighted by Gasteiger charge is -2.31. The molecule has 0 saturated carbocycles. The molecule has 4 rings (SSSR count). The SMILES string of the molecule is CCOC(=O)C1CCCN(C(=O)c2cc3c(s2)C(=O)c2nccnc2C3=O)C1. The van der Waals surface area contributed by atoms with E-state index in [1.54, 1.807) is 11.8 Å². The summed E-state index contributed by atoms with van der Waals surface area (Å²) in [6, 6.07) is 1.45. The van der Waals surface area contributed by atoms with Crippen LogP contribution in [0.2, 0.25) is 0 Å². The number of carbonyl (C=O) groups is 4. The van der Waals surface area contributed by atoms with Gasteiger partial charge in [-0.25, -0.2) is 9.97 Å². The van der Waals surface area contributed by atoms with Gasteiger partial charge in [-0.2, -0.15) is 0 Å². The molecule has 2 aliphatic rings. The maximum absolute atomic E-state index is 13.0. The maximum atomic E-state index is 13.0. The van der Waals surface area contributed by atoms with E-state index < -0.39 is 11.6 Å². The number of ketones is 2. The van der Waals surface area contributed by atoms with Gasteiger partial charge in [0.2, 0.25) is 11.6 Å². The second-order valence-electron chi connectivity index (χ2n) is 6.61. The fourth-order valence-electron chi connectivity index (χ4n) is 3.51. The van der Waals surface area contributed by atoms with E-state index in [-0.39, 0.29) is 46.2 Å². The maximum Gasteiger partial charge on any atom is 0.310 e. The highest BCUT2D eigenvalue weighted by Crippen LogP contribution is 2.33. The van der Waals surface area contributed by atoms with Gasteiger partial charge >= 0.3 is 5.97 Å². The molecule has 1 saturated heterocycles. The number of hydrogen-bond acceptors (Lipinski definition) is 8. The molecule has 144 valence electrons. The number of ether oxygens (including phenoxy) is 1. The van der Waals surface area contributed by atoms with Gasteiger partial charge in [-0.15, -0.1) is 11.3 Å². The van der Waals surface area contributed by atoms with Gasteiger partial charge in [0.05, 0.1) is 22.3 Å². The average molecular weight is 399 g/mol. The Hall–Kier alpha value is -2.94. The van der Waals surface area contributed by atoms with Crippen LogP contribution in [0.3, 0.4) is 0 Å². The van der Waals surface area contributed by atoms with Gasteiger partial charge < -0.3 is 9.64 Å². The largest absolute Gasteiger partial charge is 0.466 e. The molecular formula is C19H17N3O5S. The van der Waals surface area contributed by atoms with Crippen molar-refractivity contribution in [3.05, 3.63) is 45.2 Å². The van der Waals surface area contributed by atoms with Gasteiger partial charge in [-0.1, -0.05) is 0 Å². The van der Waals surface area contributed by atoms with Gasteiger partial charge in [0.1, 0.15) is 11.4 Å². The number of thiophene rings is 1. The quantitative estimate of drug-likeness (QED) is 0.617. The lowest BCUT2D eigenvalue weighted by atomic mass is 9.96. The van der Waals surface area contributed by atoms with Crippen LogP contribution in [-0.4, -0.2) is 58.0 Å². The zero-order valence-electron chi connectivity index (χ0n) is 15.1. The van der Waals surface area contributed by atoms with Crippen LogP contribution in [0, 0.1) is 5.92 Å². The standard InChI is InChI=1S/C19H17N3O5S/c1-2-27-19(26)10-4-3-7-22(9-10)18(25)12-8-11-15(23)13-14(21-6-5-20-13)16(24)17(11)28-12/h5-6,8,10H,2-4,7,9H2,1H3. The first-order chi connectivity index (χ1) is 13.5. The molecule has 0 aromatic carbocycles. The molecule has 28 heavy (non-hydrogen) atoms. The second kappa shape index (κ2) is 7.23. The predicted molar refractivity (Wildman–Crippen MR) is 98.5 cm³/mol. The third-order valence-electron chi connectivity index (χ3n) is 4.85. The summed E-state index contributed by atoms with van der Waals surface area (Å²) in [6.45, 7) is 2.83. The first kappa shape index (κ1) is 18.4. The summed E-state index contributed by atoms with van der Waals surface area (Å²) in [4.78, 5) is 60.3. The van der Waals surface area contributed by atoms with Crippen LogP contribution in [0.25, 0.3) is 0 Å². The fourth-order valence-corrected chi connectivity index (χ4v) is 4.57. The van der Waals surface area contributed by atoms with E-state index in [9.17, 15) is 19.2 Å². The third-order valence-corrected chi connectivity index (χ3v) is 5.97. The van der Waals surface area contributed by atoms with Crippen molar-refractivity contribution in [3.63, 3.8) is 0 Å². The molecule has 2 aromatic heterocycles. The zero-order valence-corrected chi connectivity index (χ0v) is 16.0. The molecule has 8 nitrogen and oxygen atoms in total. The van der Waals surface area contributed by atoms with E-state index in [1.165, 1.54) is 18.5 Å². The summed E-state index contributed by atoms with van der Waals surface area (Å²) < 4.78 is 5.07. The van der Waals surface area contributed by atoms with Crippen molar-refractivity contribution in [2.45, 2.75) is 19.8 Å². The Morgan fingerprint density at radius 2 is 1.93 bits per heavy atom. The number of fused-ring (bicyclic) bond motifs is 2. The second-order valence-corrected chi connectivity index (χ2v) is 7.66. The minimum atomic E-state index is -0.406. The highest BCUT2D eigenvalue weighted by Gasteiger charge is 2.36. The number of nitrogens with zero attached hydrogens (tertiary/aromatic N) is 3. The van der Waals surface area contributed by atoms with Crippen LogP contribution in [0.15, 0.2) is 18.5 Å². The van der Waals surface area contributed by atoms with E-state index in [1.807, 2.05) is 0 Å². The lowest BCUT2D eigenvalue weighted by molar-refractivity contribution is -0.149. The number of amides is 1. The minimum absolute atomic E-state index is 0.0112. The normalized spacial score (nSPS) is 18.5. The van der Waals surface area contributed by atoms with Gasteiger partial charge in [0.25, 0.3) is 5.91 Å². The molecule has 1 unspecified atom stereocenters. The van der Waals surface area contributed by atoms with E-state index in [0.717, 1.165) is 11.3 Å². The summed E-state index contributed by atoms with van der Waals surface area (Å²) in [5.74, 6) is -1.75. The number of aromatic nitrogens is 2. The summed E-state index contributed by atoms with van der Waals surface area (Å²) in [5, 5.41) is 0. The van der Waals surface area contributed by atoms with Crippen LogP contribution >= 0.6 is 11.3 Å².